The fraction of sp³-hybridized carbons (Fsp3) is 0.316. The molecule has 0 aromatic carbocycles. The van der Waals surface area contributed by atoms with Gasteiger partial charge in [-0.1, -0.05) is 6.07 Å². The van der Waals surface area contributed by atoms with Crippen LogP contribution in [0.15, 0.2) is 42.7 Å². The Hall–Kier alpha value is -3.50. The number of hydrogen-bond acceptors (Lipinski definition) is 6. The van der Waals surface area contributed by atoms with Crippen LogP contribution in [0.2, 0.25) is 0 Å². The number of amides is 1. The first kappa shape index (κ1) is 19.8. The van der Waals surface area contributed by atoms with Crippen LogP contribution in [0, 0.1) is 5.92 Å². The minimum absolute atomic E-state index is 0.0894. The number of nitrogens with zero attached hydrogens (tertiary/aromatic N) is 5. The van der Waals surface area contributed by atoms with Crippen LogP contribution >= 0.6 is 0 Å². The van der Waals surface area contributed by atoms with Crippen molar-refractivity contribution in [1.29, 1.82) is 0 Å². The van der Waals surface area contributed by atoms with E-state index in [0.717, 1.165) is 6.07 Å². The maximum atomic E-state index is 13.3. The summed E-state index contributed by atoms with van der Waals surface area (Å²) in [5.41, 5.74) is -0.232. The molecule has 0 aliphatic carbocycles. The molecule has 156 valence electrons. The zero-order valence-corrected chi connectivity index (χ0v) is 15.7. The number of carbonyl (C=O) groups is 1. The number of aromatic amines is 1. The van der Waals surface area contributed by atoms with Gasteiger partial charge in [-0.25, -0.2) is 4.98 Å². The number of carbonyl (C=O) groups excluding carboxylic acids is 1. The second-order valence-corrected chi connectivity index (χ2v) is 6.87. The lowest BCUT2D eigenvalue weighted by molar-refractivity contribution is -0.137. The van der Waals surface area contributed by atoms with E-state index < -0.39 is 17.7 Å². The molecule has 0 saturated carbocycles. The molecular weight excluding hydrogens is 399 g/mol. The van der Waals surface area contributed by atoms with E-state index in [2.05, 4.69) is 30.5 Å². The predicted molar refractivity (Wildman–Crippen MR) is 102 cm³/mol. The summed E-state index contributed by atoms with van der Waals surface area (Å²) in [6.45, 7) is 0.526. The summed E-state index contributed by atoms with van der Waals surface area (Å²) in [5.74, 6) is -0.529. The lowest BCUT2D eigenvalue weighted by Gasteiger charge is -2.33. The van der Waals surface area contributed by atoms with Gasteiger partial charge >= 0.3 is 6.18 Å². The van der Waals surface area contributed by atoms with E-state index >= 15 is 0 Å². The standard InChI is InChI=1S/C19H18F3N7O/c20-19(21,22)13-6-3-9-24-16(13)29-10-4-5-12(11-29)17(30)26-18-25-15(27-28-18)14-7-1-2-8-23-14/h1-3,6-9,12H,4-5,10-11H2,(H2,25,26,27,28,30)/t12-/m1/s1. The molecule has 0 unspecified atom stereocenters. The van der Waals surface area contributed by atoms with Crippen molar-refractivity contribution >= 4 is 17.7 Å². The summed E-state index contributed by atoms with van der Waals surface area (Å²) in [6.07, 6.45) is -0.465. The molecule has 4 heterocycles. The van der Waals surface area contributed by atoms with Crippen LogP contribution in [0.1, 0.15) is 18.4 Å². The monoisotopic (exact) mass is 417 g/mol. The normalized spacial score (nSPS) is 17.0. The first-order chi connectivity index (χ1) is 14.4. The highest BCUT2D eigenvalue weighted by molar-refractivity contribution is 5.91. The fourth-order valence-electron chi connectivity index (χ4n) is 3.40. The van der Waals surface area contributed by atoms with Gasteiger partial charge in [0.2, 0.25) is 11.9 Å². The molecule has 0 radical (unpaired) electrons. The van der Waals surface area contributed by atoms with Gasteiger partial charge in [0.15, 0.2) is 5.82 Å². The third kappa shape index (κ3) is 4.24. The van der Waals surface area contributed by atoms with E-state index in [4.69, 9.17) is 0 Å². The van der Waals surface area contributed by atoms with Crippen LogP contribution in [0.4, 0.5) is 24.9 Å². The van der Waals surface area contributed by atoms with Gasteiger partial charge < -0.3 is 4.90 Å². The van der Waals surface area contributed by atoms with Crippen LogP contribution in [0.5, 0.6) is 0 Å². The van der Waals surface area contributed by atoms with Crippen molar-refractivity contribution in [3.63, 3.8) is 0 Å². The Kier molecular flexibility index (Phi) is 5.34. The van der Waals surface area contributed by atoms with Crippen molar-refractivity contribution in [2.75, 3.05) is 23.3 Å². The number of rotatable bonds is 4. The van der Waals surface area contributed by atoms with E-state index in [1.807, 2.05) is 0 Å². The van der Waals surface area contributed by atoms with Gasteiger partial charge in [-0.05, 0) is 37.1 Å². The Morgan fingerprint density at radius 2 is 2.00 bits per heavy atom. The third-order valence-electron chi connectivity index (χ3n) is 4.81. The second-order valence-electron chi connectivity index (χ2n) is 6.87. The summed E-state index contributed by atoms with van der Waals surface area (Å²) in [5, 5.41) is 9.30. The van der Waals surface area contributed by atoms with Crippen LogP contribution < -0.4 is 10.2 Å². The highest BCUT2D eigenvalue weighted by Crippen LogP contribution is 2.36. The summed E-state index contributed by atoms with van der Waals surface area (Å²) >= 11 is 0. The molecule has 30 heavy (non-hydrogen) atoms. The van der Waals surface area contributed by atoms with Crippen molar-refractivity contribution in [3.8, 4) is 11.5 Å². The third-order valence-corrected chi connectivity index (χ3v) is 4.81. The molecule has 0 spiro atoms. The molecule has 11 heteroatoms. The van der Waals surface area contributed by atoms with Gasteiger partial charge in [0.1, 0.15) is 11.5 Å². The molecular formula is C19H18F3N7O. The molecule has 3 aromatic heterocycles. The number of piperidine rings is 1. The first-order valence-electron chi connectivity index (χ1n) is 9.33. The smallest absolute Gasteiger partial charge is 0.355 e. The Morgan fingerprint density at radius 3 is 2.77 bits per heavy atom. The second kappa shape index (κ2) is 8.09. The van der Waals surface area contributed by atoms with Gasteiger partial charge in [0.25, 0.3) is 0 Å². The number of pyridine rings is 2. The molecule has 2 N–H and O–H groups in total. The van der Waals surface area contributed by atoms with Crippen molar-refractivity contribution in [1.82, 2.24) is 25.1 Å². The average Bonchev–Trinajstić information content (AvgIpc) is 3.22. The maximum absolute atomic E-state index is 13.3. The van der Waals surface area contributed by atoms with Crippen LogP contribution in [0.3, 0.4) is 0 Å². The van der Waals surface area contributed by atoms with Crippen LogP contribution in [-0.4, -0.2) is 44.1 Å². The van der Waals surface area contributed by atoms with Crippen molar-refractivity contribution < 1.29 is 18.0 Å². The SMILES string of the molecule is O=C(Nc1n[nH]c(-c2ccccn2)n1)[C@@H]1CCCN(c2ncccc2C(F)(F)F)C1. The van der Waals surface area contributed by atoms with Gasteiger partial charge in [0.05, 0.1) is 11.5 Å². The molecule has 1 aliphatic rings. The van der Waals surface area contributed by atoms with E-state index in [-0.39, 0.29) is 24.2 Å². The number of nitrogens with one attached hydrogen (secondary N) is 2. The quantitative estimate of drug-likeness (QED) is 0.677. The first-order valence-corrected chi connectivity index (χ1v) is 9.33. The Bertz CT molecular complexity index is 1020. The molecule has 0 bridgehead atoms. The molecule has 4 rings (SSSR count). The molecule has 3 aromatic rings. The lowest BCUT2D eigenvalue weighted by Crippen LogP contribution is -2.42. The van der Waals surface area contributed by atoms with Crippen LogP contribution in [0.25, 0.3) is 11.5 Å². The largest absolute Gasteiger partial charge is 0.419 e. The average molecular weight is 417 g/mol. The summed E-state index contributed by atoms with van der Waals surface area (Å²) in [7, 11) is 0. The van der Waals surface area contributed by atoms with Crippen molar-refractivity contribution in [2.24, 2.45) is 5.92 Å². The Balaban J connectivity index is 1.46. The van der Waals surface area contributed by atoms with Gasteiger partial charge in [-0.15, -0.1) is 5.10 Å². The van der Waals surface area contributed by atoms with E-state index in [1.54, 1.807) is 24.4 Å². The molecule has 1 saturated heterocycles. The summed E-state index contributed by atoms with van der Waals surface area (Å²) in [4.78, 5) is 26.5. The fourth-order valence-corrected chi connectivity index (χ4v) is 3.40. The van der Waals surface area contributed by atoms with E-state index in [9.17, 15) is 18.0 Å². The highest BCUT2D eigenvalue weighted by Gasteiger charge is 2.37. The number of alkyl halides is 3. The number of aromatic nitrogens is 5. The summed E-state index contributed by atoms with van der Waals surface area (Å²) in [6, 6.07) is 7.56. The highest BCUT2D eigenvalue weighted by atomic mass is 19.4. The number of halogens is 3. The van der Waals surface area contributed by atoms with Crippen molar-refractivity contribution in [2.45, 2.75) is 19.0 Å². The topological polar surface area (TPSA) is 99.7 Å². The van der Waals surface area contributed by atoms with E-state index in [1.165, 1.54) is 17.2 Å². The Labute approximate surface area is 169 Å². The van der Waals surface area contributed by atoms with Crippen LogP contribution in [-0.2, 0) is 11.0 Å². The lowest BCUT2D eigenvalue weighted by atomic mass is 9.96. The predicted octanol–water partition coefficient (Wildman–Crippen LogP) is 3.14. The van der Waals surface area contributed by atoms with E-state index in [0.29, 0.717) is 30.9 Å². The van der Waals surface area contributed by atoms with Gasteiger partial charge in [-0.2, -0.15) is 18.2 Å². The maximum Gasteiger partial charge on any atom is 0.419 e. The minimum Gasteiger partial charge on any atom is -0.355 e. The van der Waals surface area contributed by atoms with Gasteiger partial charge in [-0.3, -0.25) is 20.2 Å². The molecule has 1 atom stereocenters. The minimum atomic E-state index is -4.51. The molecule has 8 nitrogen and oxygen atoms in total. The Morgan fingerprint density at radius 1 is 1.17 bits per heavy atom. The number of hydrogen-bond donors (Lipinski definition) is 2. The zero-order valence-electron chi connectivity index (χ0n) is 15.7. The summed E-state index contributed by atoms with van der Waals surface area (Å²) < 4.78 is 40.0. The molecule has 1 fully saturated rings. The molecule has 1 amide bonds. The number of anilines is 2. The zero-order chi connectivity index (χ0) is 21.1. The number of H-pyrrole nitrogens is 1. The molecule has 1 aliphatic heterocycles. The van der Waals surface area contributed by atoms with Crippen molar-refractivity contribution in [3.05, 3.63) is 48.3 Å². The van der Waals surface area contributed by atoms with Gasteiger partial charge in [0, 0.05) is 25.5 Å².